The molecular formula is C20H24O5. The van der Waals surface area contributed by atoms with Gasteiger partial charge in [0.05, 0.1) is 11.3 Å². The maximum absolute atomic E-state index is 12.8. The van der Waals surface area contributed by atoms with Crippen molar-refractivity contribution in [2.24, 2.45) is 23.2 Å². The fourth-order valence-electron chi connectivity index (χ4n) is 4.47. The van der Waals surface area contributed by atoms with Crippen LogP contribution in [-0.4, -0.2) is 29.9 Å². The van der Waals surface area contributed by atoms with E-state index in [1.807, 2.05) is 19.9 Å². The van der Waals surface area contributed by atoms with E-state index in [9.17, 15) is 14.4 Å². The number of ketones is 1. The second-order valence-electron chi connectivity index (χ2n) is 7.54. The van der Waals surface area contributed by atoms with Crippen molar-refractivity contribution in [3.05, 3.63) is 36.0 Å². The lowest BCUT2D eigenvalue weighted by Crippen LogP contribution is -2.49. The van der Waals surface area contributed by atoms with E-state index in [-0.39, 0.29) is 23.2 Å². The van der Waals surface area contributed by atoms with Crippen molar-refractivity contribution in [2.75, 3.05) is 0 Å². The molecule has 0 aromatic heterocycles. The molecule has 1 aliphatic heterocycles. The van der Waals surface area contributed by atoms with E-state index < -0.39 is 35.5 Å². The first-order chi connectivity index (χ1) is 11.7. The average Bonchev–Trinajstić information content (AvgIpc) is 2.99. The molecule has 5 nitrogen and oxygen atoms in total. The Bertz CT molecular complexity index is 716. The normalized spacial score (nSPS) is 40.4. The highest BCUT2D eigenvalue weighted by molar-refractivity contribution is 5.99. The molecule has 0 unspecified atom stereocenters. The first-order valence-electron chi connectivity index (χ1n) is 8.68. The Balaban J connectivity index is 2.09. The van der Waals surface area contributed by atoms with Crippen LogP contribution in [0.2, 0.25) is 0 Å². The van der Waals surface area contributed by atoms with Gasteiger partial charge in [0.2, 0.25) is 0 Å². The Morgan fingerprint density at radius 2 is 2.12 bits per heavy atom. The van der Waals surface area contributed by atoms with Crippen LogP contribution in [0.3, 0.4) is 0 Å². The molecule has 1 heterocycles. The van der Waals surface area contributed by atoms with Crippen molar-refractivity contribution >= 4 is 17.7 Å². The van der Waals surface area contributed by atoms with E-state index in [2.05, 4.69) is 6.58 Å². The summed E-state index contributed by atoms with van der Waals surface area (Å²) >= 11 is 0. The van der Waals surface area contributed by atoms with Crippen LogP contribution in [-0.2, 0) is 23.9 Å². The number of rotatable bonds is 2. The predicted octanol–water partition coefficient (Wildman–Crippen LogP) is 2.76. The molecule has 2 fully saturated rings. The summed E-state index contributed by atoms with van der Waals surface area (Å²) in [6.07, 6.45) is 4.56. The SMILES string of the molecule is C=C1C(=O)O[C@@H]2C[C@@H](C)[C@@H]3C=CC(=O)[C@@]3(C)[C@@H](OC(=O)/C(C)=C\C)[C@H]12. The van der Waals surface area contributed by atoms with Crippen LogP contribution in [0.1, 0.15) is 34.1 Å². The molecule has 1 saturated carbocycles. The summed E-state index contributed by atoms with van der Waals surface area (Å²) in [6.45, 7) is 11.2. The minimum absolute atomic E-state index is 0.0687. The van der Waals surface area contributed by atoms with Crippen LogP contribution in [0.25, 0.3) is 0 Å². The van der Waals surface area contributed by atoms with Crippen LogP contribution in [0.4, 0.5) is 0 Å². The van der Waals surface area contributed by atoms with Crippen molar-refractivity contribution in [3.8, 4) is 0 Å². The van der Waals surface area contributed by atoms with Gasteiger partial charge >= 0.3 is 11.9 Å². The molecule has 1 saturated heterocycles. The fourth-order valence-corrected chi connectivity index (χ4v) is 4.47. The average molecular weight is 344 g/mol. The van der Waals surface area contributed by atoms with Crippen molar-refractivity contribution in [2.45, 2.75) is 46.3 Å². The van der Waals surface area contributed by atoms with Crippen molar-refractivity contribution in [1.29, 1.82) is 0 Å². The van der Waals surface area contributed by atoms with Gasteiger partial charge in [-0.05, 0) is 45.1 Å². The van der Waals surface area contributed by atoms with Crippen LogP contribution in [0.5, 0.6) is 0 Å². The molecule has 0 spiro atoms. The van der Waals surface area contributed by atoms with Gasteiger partial charge in [0, 0.05) is 11.1 Å². The molecule has 3 aliphatic rings. The molecular weight excluding hydrogens is 320 g/mol. The lowest BCUT2D eigenvalue weighted by molar-refractivity contribution is -0.160. The lowest BCUT2D eigenvalue weighted by Gasteiger charge is -2.39. The van der Waals surface area contributed by atoms with Gasteiger partial charge in [-0.2, -0.15) is 0 Å². The first-order valence-corrected chi connectivity index (χ1v) is 8.68. The Morgan fingerprint density at radius 1 is 1.44 bits per heavy atom. The zero-order valence-corrected chi connectivity index (χ0v) is 15.1. The zero-order chi connectivity index (χ0) is 18.5. The highest BCUT2D eigenvalue weighted by Gasteiger charge is 2.62. The highest BCUT2D eigenvalue weighted by Crippen LogP contribution is 2.54. The van der Waals surface area contributed by atoms with E-state index in [1.165, 1.54) is 0 Å². The summed E-state index contributed by atoms with van der Waals surface area (Å²) in [7, 11) is 0. The van der Waals surface area contributed by atoms with Gasteiger partial charge in [-0.15, -0.1) is 0 Å². The molecule has 5 heteroatoms. The van der Waals surface area contributed by atoms with E-state index >= 15 is 0 Å². The summed E-state index contributed by atoms with van der Waals surface area (Å²) in [5.74, 6) is -1.47. The number of esters is 2. The van der Waals surface area contributed by atoms with E-state index in [0.29, 0.717) is 12.0 Å². The molecule has 0 bridgehead atoms. The van der Waals surface area contributed by atoms with Crippen LogP contribution >= 0.6 is 0 Å². The summed E-state index contributed by atoms with van der Waals surface area (Å²) in [5, 5.41) is 0. The monoisotopic (exact) mass is 344 g/mol. The molecule has 25 heavy (non-hydrogen) atoms. The third-order valence-corrected chi connectivity index (χ3v) is 6.13. The van der Waals surface area contributed by atoms with Gasteiger partial charge in [0.1, 0.15) is 12.2 Å². The summed E-state index contributed by atoms with van der Waals surface area (Å²) in [4.78, 5) is 37.3. The first kappa shape index (κ1) is 17.6. The van der Waals surface area contributed by atoms with Crippen molar-refractivity contribution in [3.63, 3.8) is 0 Å². The molecule has 2 aliphatic carbocycles. The van der Waals surface area contributed by atoms with Crippen molar-refractivity contribution in [1.82, 2.24) is 0 Å². The van der Waals surface area contributed by atoms with E-state index in [0.717, 1.165) is 0 Å². The van der Waals surface area contributed by atoms with Gasteiger partial charge in [0.15, 0.2) is 5.78 Å². The molecule has 134 valence electrons. The van der Waals surface area contributed by atoms with Gasteiger partial charge < -0.3 is 9.47 Å². The number of fused-ring (bicyclic) bond motifs is 2. The predicted molar refractivity (Wildman–Crippen MR) is 91.3 cm³/mol. The number of allylic oxidation sites excluding steroid dienone is 3. The quantitative estimate of drug-likeness (QED) is 0.569. The van der Waals surface area contributed by atoms with Gasteiger partial charge in [-0.3, -0.25) is 4.79 Å². The van der Waals surface area contributed by atoms with Gasteiger partial charge in [0.25, 0.3) is 0 Å². The summed E-state index contributed by atoms with van der Waals surface area (Å²) < 4.78 is 11.3. The molecule has 0 aromatic carbocycles. The number of hydrogen-bond donors (Lipinski definition) is 0. The number of carbonyl (C=O) groups excluding carboxylic acids is 3. The molecule has 0 aromatic rings. The third kappa shape index (κ3) is 2.48. The molecule has 3 rings (SSSR count). The smallest absolute Gasteiger partial charge is 0.334 e. The number of carbonyl (C=O) groups is 3. The van der Waals surface area contributed by atoms with Crippen LogP contribution in [0, 0.1) is 23.2 Å². The van der Waals surface area contributed by atoms with Crippen LogP contribution < -0.4 is 0 Å². The standard InChI is InChI=1S/C20H24O5/c1-6-10(2)18(22)25-17-16-12(4)19(23)24-14(16)9-11(3)13-7-8-15(21)20(13,17)5/h6-8,11,13-14,16-17H,4,9H2,1-3,5H3/b10-6-/t11-,13+,14-,16-,17+,20+/m1/s1. The zero-order valence-electron chi connectivity index (χ0n) is 15.1. The summed E-state index contributed by atoms with van der Waals surface area (Å²) in [5.41, 5.74) is -0.169. The topological polar surface area (TPSA) is 69.7 Å². The third-order valence-electron chi connectivity index (χ3n) is 6.13. The molecule has 0 amide bonds. The maximum atomic E-state index is 12.8. The molecule has 0 N–H and O–H groups in total. The second-order valence-corrected chi connectivity index (χ2v) is 7.54. The lowest BCUT2D eigenvalue weighted by atomic mass is 9.67. The van der Waals surface area contributed by atoms with E-state index in [1.54, 1.807) is 26.0 Å². The summed E-state index contributed by atoms with van der Waals surface area (Å²) in [6, 6.07) is 0. The Hall–Kier alpha value is -2.17. The fraction of sp³-hybridized carbons (Fsp3) is 0.550. The second kappa shape index (κ2) is 5.97. The van der Waals surface area contributed by atoms with Gasteiger partial charge in [-0.1, -0.05) is 25.7 Å². The Morgan fingerprint density at radius 3 is 2.76 bits per heavy atom. The highest BCUT2D eigenvalue weighted by atomic mass is 16.6. The minimum Gasteiger partial charge on any atom is -0.458 e. The van der Waals surface area contributed by atoms with Gasteiger partial charge in [-0.25, -0.2) is 9.59 Å². The van der Waals surface area contributed by atoms with Crippen molar-refractivity contribution < 1.29 is 23.9 Å². The number of ether oxygens (including phenoxy) is 2. The number of hydrogen-bond acceptors (Lipinski definition) is 5. The van der Waals surface area contributed by atoms with Crippen LogP contribution in [0.15, 0.2) is 36.0 Å². The maximum Gasteiger partial charge on any atom is 0.334 e. The largest absolute Gasteiger partial charge is 0.458 e. The Kier molecular flexibility index (Phi) is 4.21. The van der Waals surface area contributed by atoms with E-state index in [4.69, 9.17) is 9.47 Å². The molecule has 0 radical (unpaired) electrons. The minimum atomic E-state index is -0.917. The Labute approximate surface area is 147 Å². The molecule has 6 atom stereocenters.